The minimum absolute atomic E-state index is 0.0178. The van der Waals surface area contributed by atoms with Crippen molar-refractivity contribution in [3.8, 4) is 0 Å². The number of amides is 2. The molecule has 11 heteroatoms. The molecule has 2 aromatic carbocycles. The van der Waals surface area contributed by atoms with Crippen molar-refractivity contribution in [3.05, 3.63) is 69.2 Å². The summed E-state index contributed by atoms with van der Waals surface area (Å²) in [6.45, 7) is 0. The van der Waals surface area contributed by atoms with Crippen molar-refractivity contribution < 1.29 is 24.0 Å². The van der Waals surface area contributed by atoms with E-state index in [0.717, 1.165) is 11.1 Å². The maximum absolute atomic E-state index is 12.9. The van der Waals surface area contributed by atoms with Gasteiger partial charge in [0.15, 0.2) is 0 Å². The van der Waals surface area contributed by atoms with Crippen LogP contribution in [0.3, 0.4) is 0 Å². The summed E-state index contributed by atoms with van der Waals surface area (Å²) in [5.41, 5.74) is 0.300. The second-order valence-corrected chi connectivity index (χ2v) is 6.98. The molecule has 1 aliphatic rings. The van der Waals surface area contributed by atoms with E-state index >= 15 is 0 Å². The Morgan fingerprint density at radius 2 is 1.94 bits per heavy atom. The maximum Gasteiger partial charge on any atom is 0.355 e. The summed E-state index contributed by atoms with van der Waals surface area (Å²) < 4.78 is 5.42. The second-order valence-electron chi connectivity index (χ2n) is 6.57. The third-order valence-electron chi connectivity index (χ3n) is 4.43. The lowest BCUT2D eigenvalue weighted by Gasteiger charge is -2.22. The molecule has 3 rings (SSSR count). The number of nitrogens with zero attached hydrogens (tertiary/aromatic N) is 3. The van der Waals surface area contributed by atoms with E-state index in [9.17, 15) is 24.5 Å². The molecule has 1 aliphatic heterocycles. The SMILES string of the molecule is CN1N=C(C(=O)OC(C(=O)Nc2ccc([N+](=O)[O-])cc2Cl)c2ccccc2)CCC1=O. The number of anilines is 1. The Labute approximate surface area is 181 Å². The molecule has 0 aromatic heterocycles. The Balaban J connectivity index is 1.83. The van der Waals surface area contributed by atoms with E-state index in [0.29, 0.717) is 5.56 Å². The number of hydrazone groups is 1. The number of hydrogen-bond donors (Lipinski definition) is 1. The van der Waals surface area contributed by atoms with Crippen LogP contribution in [-0.2, 0) is 19.1 Å². The van der Waals surface area contributed by atoms with Gasteiger partial charge in [-0.3, -0.25) is 19.7 Å². The summed E-state index contributed by atoms with van der Waals surface area (Å²) in [5.74, 6) is -1.78. The standard InChI is InChI=1S/C20H17ClN4O6/c1-24-17(26)10-9-16(23-24)20(28)31-18(12-5-3-2-4-6-12)19(27)22-15-8-7-13(25(29)30)11-14(15)21/h2-8,11,18H,9-10H2,1H3,(H,22,27). The van der Waals surface area contributed by atoms with Crippen molar-refractivity contribution in [1.29, 1.82) is 0 Å². The fraction of sp³-hybridized carbons (Fsp3) is 0.200. The molecular formula is C20H17ClN4O6. The van der Waals surface area contributed by atoms with Crippen molar-refractivity contribution in [2.45, 2.75) is 18.9 Å². The molecule has 2 amide bonds. The summed E-state index contributed by atoms with van der Waals surface area (Å²) in [6.07, 6.45) is -1.14. The largest absolute Gasteiger partial charge is 0.443 e. The fourth-order valence-electron chi connectivity index (χ4n) is 2.81. The van der Waals surface area contributed by atoms with Gasteiger partial charge < -0.3 is 10.1 Å². The van der Waals surface area contributed by atoms with Crippen LogP contribution in [0.15, 0.2) is 53.6 Å². The third-order valence-corrected chi connectivity index (χ3v) is 4.74. The zero-order valence-electron chi connectivity index (χ0n) is 16.3. The van der Waals surface area contributed by atoms with Gasteiger partial charge in [-0.15, -0.1) is 0 Å². The first kappa shape index (κ1) is 21.9. The molecule has 31 heavy (non-hydrogen) atoms. The highest BCUT2D eigenvalue weighted by atomic mass is 35.5. The number of esters is 1. The molecule has 0 bridgehead atoms. The number of hydrogen-bond acceptors (Lipinski definition) is 7. The van der Waals surface area contributed by atoms with Crippen molar-refractivity contribution >= 4 is 46.5 Å². The monoisotopic (exact) mass is 444 g/mol. The zero-order valence-corrected chi connectivity index (χ0v) is 17.0. The smallest absolute Gasteiger partial charge is 0.355 e. The van der Waals surface area contributed by atoms with Crippen LogP contribution in [0.25, 0.3) is 0 Å². The number of rotatable bonds is 6. The number of nitro groups is 1. The second kappa shape index (κ2) is 9.35. The Kier molecular flexibility index (Phi) is 6.61. The van der Waals surface area contributed by atoms with Crippen LogP contribution in [0.1, 0.15) is 24.5 Å². The summed E-state index contributed by atoms with van der Waals surface area (Å²) in [6, 6.07) is 11.9. The molecule has 0 radical (unpaired) electrons. The lowest BCUT2D eigenvalue weighted by Crippen LogP contribution is -2.34. The average Bonchev–Trinajstić information content (AvgIpc) is 2.75. The van der Waals surface area contributed by atoms with E-state index in [-0.39, 0.29) is 40.9 Å². The topological polar surface area (TPSA) is 131 Å². The molecule has 1 heterocycles. The van der Waals surface area contributed by atoms with E-state index in [1.807, 2.05) is 0 Å². The number of benzene rings is 2. The number of ether oxygens (including phenoxy) is 1. The first-order valence-corrected chi connectivity index (χ1v) is 9.49. The number of non-ortho nitro benzene ring substituents is 1. The number of nitro benzene ring substituents is 1. The fourth-order valence-corrected chi connectivity index (χ4v) is 3.03. The first-order valence-electron chi connectivity index (χ1n) is 9.11. The van der Waals surface area contributed by atoms with Crippen molar-refractivity contribution in [3.63, 3.8) is 0 Å². The number of carbonyl (C=O) groups is 3. The molecule has 1 atom stereocenters. The molecule has 10 nitrogen and oxygen atoms in total. The van der Waals surface area contributed by atoms with Gasteiger partial charge in [0.05, 0.1) is 15.6 Å². The van der Waals surface area contributed by atoms with Gasteiger partial charge in [0.25, 0.3) is 11.6 Å². The molecule has 0 spiro atoms. The van der Waals surface area contributed by atoms with Gasteiger partial charge in [0.1, 0.15) is 5.71 Å². The van der Waals surface area contributed by atoms with Gasteiger partial charge in [-0.1, -0.05) is 41.9 Å². The van der Waals surface area contributed by atoms with Crippen LogP contribution in [-0.4, -0.2) is 40.5 Å². The molecule has 2 aromatic rings. The Bertz CT molecular complexity index is 1070. The molecule has 0 saturated carbocycles. The number of carbonyl (C=O) groups excluding carboxylic acids is 3. The first-order chi connectivity index (χ1) is 14.8. The van der Waals surface area contributed by atoms with Crippen LogP contribution in [0.2, 0.25) is 5.02 Å². The zero-order chi connectivity index (χ0) is 22.5. The van der Waals surface area contributed by atoms with Crippen molar-refractivity contribution in [2.75, 3.05) is 12.4 Å². The van der Waals surface area contributed by atoms with Gasteiger partial charge in [-0.2, -0.15) is 5.10 Å². The lowest BCUT2D eigenvalue weighted by atomic mass is 10.1. The van der Waals surface area contributed by atoms with Gasteiger partial charge in [-0.25, -0.2) is 9.80 Å². The summed E-state index contributed by atoms with van der Waals surface area (Å²) in [4.78, 5) is 47.4. The van der Waals surface area contributed by atoms with Gasteiger partial charge in [-0.05, 0) is 6.07 Å². The van der Waals surface area contributed by atoms with Crippen molar-refractivity contribution in [2.24, 2.45) is 5.10 Å². The molecular weight excluding hydrogens is 428 g/mol. The molecule has 160 valence electrons. The maximum atomic E-state index is 12.9. The van der Waals surface area contributed by atoms with Gasteiger partial charge in [0, 0.05) is 37.6 Å². The minimum atomic E-state index is -1.34. The van der Waals surface area contributed by atoms with Crippen LogP contribution < -0.4 is 5.32 Å². The molecule has 0 aliphatic carbocycles. The van der Waals surface area contributed by atoms with Gasteiger partial charge in [0.2, 0.25) is 12.0 Å². The molecule has 1 unspecified atom stereocenters. The predicted molar refractivity (Wildman–Crippen MR) is 111 cm³/mol. The summed E-state index contributed by atoms with van der Waals surface area (Å²) in [5, 5.41) is 18.3. The third kappa shape index (κ3) is 5.23. The highest BCUT2D eigenvalue weighted by molar-refractivity contribution is 6.37. The minimum Gasteiger partial charge on any atom is -0.443 e. The van der Waals surface area contributed by atoms with Crippen LogP contribution in [0, 0.1) is 10.1 Å². The lowest BCUT2D eigenvalue weighted by molar-refractivity contribution is -0.384. The normalized spacial score (nSPS) is 14.5. The average molecular weight is 445 g/mol. The summed E-state index contributed by atoms with van der Waals surface area (Å²) >= 11 is 6.04. The molecule has 0 saturated heterocycles. The Morgan fingerprint density at radius 1 is 1.23 bits per heavy atom. The van der Waals surface area contributed by atoms with Gasteiger partial charge >= 0.3 is 5.97 Å². The Hall–Kier alpha value is -3.79. The Morgan fingerprint density at radius 3 is 2.55 bits per heavy atom. The van der Waals surface area contributed by atoms with E-state index < -0.39 is 22.9 Å². The van der Waals surface area contributed by atoms with Crippen LogP contribution >= 0.6 is 11.6 Å². The highest BCUT2D eigenvalue weighted by Gasteiger charge is 2.30. The van der Waals surface area contributed by atoms with Crippen molar-refractivity contribution in [1.82, 2.24) is 5.01 Å². The van der Waals surface area contributed by atoms with E-state index in [1.165, 1.54) is 19.2 Å². The number of halogens is 1. The van der Waals surface area contributed by atoms with E-state index in [1.54, 1.807) is 30.3 Å². The highest BCUT2D eigenvalue weighted by Crippen LogP contribution is 2.28. The number of nitrogens with one attached hydrogen (secondary N) is 1. The predicted octanol–water partition coefficient (Wildman–Crippen LogP) is 3.08. The molecule has 1 N–H and O–H groups in total. The van der Waals surface area contributed by atoms with Crippen LogP contribution in [0.4, 0.5) is 11.4 Å². The molecule has 0 fully saturated rings. The van der Waals surface area contributed by atoms with E-state index in [2.05, 4.69) is 10.4 Å². The quantitative estimate of drug-likeness (QED) is 0.413. The summed E-state index contributed by atoms with van der Waals surface area (Å²) in [7, 11) is 1.42. The van der Waals surface area contributed by atoms with E-state index in [4.69, 9.17) is 16.3 Å². The van der Waals surface area contributed by atoms with Crippen LogP contribution in [0.5, 0.6) is 0 Å².